The summed E-state index contributed by atoms with van der Waals surface area (Å²) in [6.45, 7) is 1.86. The highest BCUT2D eigenvalue weighted by Crippen LogP contribution is 2.36. The maximum atomic E-state index is 12.8. The molecular weight excluding hydrogens is 396 g/mol. The highest BCUT2D eigenvalue weighted by molar-refractivity contribution is 6.34. The van der Waals surface area contributed by atoms with Gasteiger partial charge in [-0.1, -0.05) is 24.3 Å². The molecule has 0 fully saturated rings. The number of imide groups is 1. The summed E-state index contributed by atoms with van der Waals surface area (Å²) in [5.41, 5.74) is 2.68. The van der Waals surface area contributed by atoms with E-state index in [-0.39, 0.29) is 11.7 Å². The number of hydrogen-bond donors (Lipinski definition) is 1. The topological polar surface area (TPSA) is 84.9 Å². The van der Waals surface area contributed by atoms with Crippen LogP contribution >= 0.6 is 0 Å². The molecule has 0 aliphatic carbocycles. The van der Waals surface area contributed by atoms with Gasteiger partial charge in [-0.3, -0.25) is 14.4 Å². The van der Waals surface area contributed by atoms with Crippen molar-refractivity contribution >= 4 is 29.1 Å². The highest BCUT2D eigenvalue weighted by atomic mass is 16.5. The van der Waals surface area contributed by atoms with Gasteiger partial charge >= 0.3 is 0 Å². The Morgan fingerprint density at radius 2 is 1.55 bits per heavy atom. The van der Waals surface area contributed by atoms with Crippen LogP contribution < -0.4 is 19.7 Å². The number of hydrogen-bond acceptors (Lipinski definition) is 5. The van der Waals surface area contributed by atoms with Gasteiger partial charge in [-0.25, -0.2) is 4.90 Å². The second kappa shape index (κ2) is 7.95. The van der Waals surface area contributed by atoms with Gasteiger partial charge in [-0.15, -0.1) is 0 Å². The molecule has 3 amide bonds. The number of nitrogens with zero attached hydrogens (tertiary/aromatic N) is 1. The Morgan fingerprint density at radius 3 is 2.16 bits per heavy atom. The van der Waals surface area contributed by atoms with Crippen LogP contribution in [0.4, 0.5) is 11.4 Å². The van der Waals surface area contributed by atoms with Gasteiger partial charge in [-0.2, -0.15) is 0 Å². The fraction of sp³-hybridized carbons (Fsp3) is 0.125. The molecule has 31 heavy (non-hydrogen) atoms. The predicted molar refractivity (Wildman–Crippen MR) is 116 cm³/mol. The molecule has 0 saturated heterocycles. The van der Waals surface area contributed by atoms with Crippen LogP contribution in [0.25, 0.3) is 0 Å². The van der Waals surface area contributed by atoms with Gasteiger partial charge in [0, 0.05) is 11.8 Å². The lowest BCUT2D eigenvalue weighted by molar-refractivity contribution is 0.0923. The Morgan fingerprint density at radius 1 is 0.871 bits per heavy atom. The number of para-hydroxylation sites is 1. The number of carbonyl (C=O) groups is 3. The Balaban J connectivity index is 1.64. The zero-order chi connectivity index (χ0) is 22.1. The molecule has 7 heteroatoms. The maximum Gasteiger partial charge on any atom is 0.266 e. The van der Waals surface area contributed by atoms with Crippen LogP contribution in [-0.4, -0.2) is 31.9 Å². The number of fused-ring (bicyclic) bond motifs is 1. The van der Waals surface area contributed by atoms with Crippen LogP contribution in [0, 0.1) is 6.92 Å². The van der Waals surface area contributed by atoms with Crippen molar-refractivity contribution in [1.29, 1.82) is 0 Å². The summed E-state index contributed by atoms with van der Waals surface area (Å²) < 4.78 is 10.8. The van der Waals surface area contributed by atoms with E-state index in [9.17, 15) is 14.4 Å². The molecule has 1 aliphatic rings. The second-order valence-corrected chi connectivity index (χ2v) is 6.99. The maximum absolute atomic E-state index is 12.8. The van der Waals surface area contributed by atoms with Gasteiger partial charge in [0.25, 0.3) is 17.7 Å². The van der Waals surface area contributed by atoms with Crippen LogP contribution in [-0.2, 0) is 0 Å². The van der Waals surface area contributed by atoms with Crippen LogP contribution in [0.1, 0.15) is 36.6 Å². The van der Waals surface area contributed by atoms with Crippen LogP contribution in [0.5, 0.6) is 11.5 Å². The van der Waals surface area contributed by atoms with Crippen molar-refractivity contribution in [3.8, 4) is 11.5 Å². The Kier molecular flexibility index (Phi) is 5.17. The largest absolute Gasteiger partial charge is 0.496 e. The highest BCUT2D eigenvalue weighted by Gasteiger charge is 2.37. The first-order valence-corrected chi connectivity index (χ1v) is 9.57. The molecule has 0 radical (unpaired) electrons. The third-order valence-electron chi connectivity index (χ3n) is 5.13. The molecule has 1 N–H and O–H groups in total. The molecule has 3 aromatic carbocycles. The van der Waals surface area contributed by atoms with E-state index in [4.69, 9.17) is 9.47 Å². The van der Waals surface area contributed by atoms with E-state index < -0.39 is 11.8 Å². The zero-order valence-electron chi connectivity index (χ0n) is 17.3. The van der Waals surface area contributed by atoms with Crippen molar-refractivity contribution < 1.29 is 23.9 Å². The smallest absolute Gasteiger partial charge is 0.266 e. The average molecular weight is 416 g/mol. The summed E-state index contributed by atoms with van der Waals surface area (Å²) in [6.07, 6.45) is 0. The molecule has 4 rings (SSSR count). The van der Waals surface area contributed by atoms with Gasteiger partial charge in [0.15, 0.2) is 0 Å². The fourth-order valence-corrected chi connectivity index (χ4v) is 3.65. The van der Waals surface area contributed by atoms with E-state index in [1.54, 1.807) is 54.6 Å². The predicted octanol–water partition coefficient (Wildman–Crippen LogP) is 4.07. The van der Waals surface area contributed by atoms with Gasteiger partial charge in [0.05, 0.1) is 36.6 Å². The molecule has 0 saturated carbocycles. The van der Waals surface area contributed by atoms with Crippen LogP contribution in [0.15, 0.2) is 60.7 Å². The number of methoxy groups -OCH3 is 2. The number of anilines is 2. The Labute approximate surface area is 179 Å². The quantitative estimate of drug-likeness (QED) is 0.634. The summed E-state index contributed by atoms with van der Waals surface area (Å²) in [7, 11) is 2.95. The Hall–Kier alpha value is -4.13. The zero-order valence-corrected chi connectivity index (χ0v) is 17.3. The molecule has 1 aliphatic heterocycles. The number of ether oxygens (including phenoxy) is 2. The molecule has 0 atom stereocenters. The third kappa shape index (κ3) is 3.40. The SMILES string of the molecule is COc1cc(NC(=O)c2cccc(C)c2OC)ccc1N1C(=O)c2ccccc2C1=O. The van der Waals surface area contributed by atoms with E-state index >= 15 is 0 Å². The van der Waals surface area contributed by atoms with Gasteiger partial charge in [0.1, 0.15) is 11.5 Å². The summed E-state index contributed by atoms with van der Waals surface area (Å²) >= 11 is 0. The van der Waals surface area contributed by atoms with E-state index in [0.717, 1.165) is 10.5 Å². The summed E-state index contributed by atoms with van der Waals surface area (Å²) in [5.74, 6) is -0.408. The van der Waals surface area contributed by atoms with Crippen molar-refractivity contribution in [2.45, 2.75) is 6.92 Å². The first-order chi connectivity index (χ1) is 15.0. The van der Waals surface area contributed by atoms with Crippen molar-refractivity contribution in [3.63, 3.8) is 0 Å². The van der Waals surface area contributed by atoms with Gasteiger partial charge in [0.2, 0.25) is 0 Å². The number of benzene rings is 3. The molecule has 0 aromatic heterocycles. The number of amides is 3. The standard InChI is InChI=1S/C24H20N2O5/c1-14-7-6-10-18(21(14)31-3)22(27)25-15-11-12-19(20(13-15)30-2)26-23(28)16-8-4-5-9-17(16)24(26)29/h4-13H,1-3H3,(H,25,27). The molecule has 0 bridgehead atoms. The molecule has 0 unspecified atom stereocenters. The lowest BCUT2D eigenvalue weighted by atomic mass is 10.1. The first kappa shape index (κ1) is 20.2. The number of carbonyl (C=O) groups excluding carboxylic acids is 3. The summed E-state index contributed by atoms with van der Waals surface area (Å²) in [4.78, 5) is 39.5. The third-order valence-corrected chi connectivity index (χ3v) is 5.13. The normalized spacial score (nSPS) is 12.5. The van der Waals surface area contributed by atoms with E-state index in [0.29, 0.717) is 33.8 Å². The van der Waals surface area contributed by atoms with Crippen LogP contribution in [0.2, 0.25) is 0 Å². The van der Waals surface area contributed by atoms with Crippen molar-refractivity contribution in [1.82, 2.24) is 0 Å². The minimum atomic E-state index is -0.416. The lowest BCUT2D eigenvalue weighted by Gasteiger charge is -2.18. The van der Waals surface area contributed by atoms with E-state index in [1.165, 1.54) is 14.2 Å². The van der Waals surface area contributed by atoms with Crippen LogP contribution in [0.3, 0.4) is 0 Å². The Bertz CT molecular complexity index is 1180. The van der Waals surface area contributed by atoms with E-state index in [2.05, 4.69) is 5.32 Å². The van der Waals surface area contributed by atoms with Gasteiger partial charge in [-0.05, 0) is 42.8 Å². The number of aryl methyl sites for hydroxylation is 1. The average Bonchev–Trinajstić information content (AvgIpc) is 3.03. The molecule has 156 valence electrons. The molecule has 7 nitrogen and oxygen atoms in total. The number of rotatable bonds is 5. The van der Waals surface area contributed by atoms with Crippen molar-refractivity contribution in [2.75, 3.05) is 24.4 Å². The lowest BCUT2D eigenvalue weighted by Crippen LogP contribution is -2.29. The molecular formula is C24H20N2O5. The first-order valence-electron chi connectivity index (χ1n) is 9.57. The van der Waals surface area contributed by atoms with Crippen molar-refractivity contribution in [3.05, 3.63) is 82.9 Å². The second-order valence-electron chi connectivity index (χ2n) is 6.99. The molecule has 3 aromatic rings. The minimum absolute atomic E-state index is 0.281. The fourth-order valence-electron chi connectivity index (χ4n) is 3.65. The molecule has 1 heterocycles. The number of nitrogens with one attached hydrogen (secondary N) is 1. The molecule has 0 spiro atoms. The minimum Gasteiger partial charge on any atom is -0.496 e. The monoisotopic (exact) mass is 416 g/mol. The van der Waals surface area contributed by atoms with E-state index in [1.807, 2.05) is 13.0 Å². The van der Waals surface area contributed by atoms with Gasteiger partial charge < -0.3 is 14.8 Å². The van der Waals surface area contributed by atoms with Crippen molar-refractivity contribution in [2.24, 2.45) is 0 Å². The summed E-state index contributed by atoms with van der Waals surface area (Å²) in [6, 6.07) is 16.7. The summed E-state index contributed by atoms with van der Waals surface area (Å²) in [5, 5.41) is 2.80.